The molecule has 2 aromatic heterocycles. The van der Waals surface area contributed by atoms with Gasteiger partial charge in [-0.15, -0.1) is 11.8 Å². The number of furan rings is 1. The molecule has 0 radical (unpaired) electrons. The zero-order chi connectivity index (χ0) is 16.1. The first-order valence-electron chi connectivity index (χ1n) is 7.69. The van der Waals surface area contributed by atoms with Crippen LogP contribution in [0, 0.1) is 0 Å². The molecule has 0 aromatic carbocycles. The smallest absolute Gasteiger partial charge is 0.254 e. The second kappa shape index (κ2) is 7.66. The van der Waals surface area contributed by atoms with Gasteiger partial charge in [0, 0.05) is 24.9 Å². The van der Waals surface area contributed by atoms with E-state index in [9.17, 15) is 4.79 Å². The van der Waals surface area contributed by atoms with Gasteiger partial charge in [0.1, 0.15) is 5.76 Å². The molecule has 3 rings (SSSR count). The topological polar surface area (TPSA) is 55.6 Å². The number of carbonyl (C=O) groups excluding carboxylic acids is 1. The fourth-order valence-electron chi connectivity index (χ4n) is 2.68. The number of nitrogens with zero attached hydrogens (tertiary/aromatic N) is 2. The standard InChI is InChI=1S/C17H20N2O3S/c1-23-16-10-13(6-7-18-16)17(20)19(11-14-4-2-8-21-14)12-15-5-3-9-22-15/h2,4,6-8,10,15H,3,5,9,11-12H2,1H3/t15-/m1/s1. The minimum absolute atomic E-state index is 0.0189. The Morgan fingerprint density at radius 2 is 2.39 bits per heavy atom. The van der Waals surface area contributed by atoms with Crippen LogP contribution >= 0.6 is 11.8 Å². The molecule has 1 atom stereocenters. The average molecular weight is 332 g/mol. The summed E-state index contributed by atoms with van der Waals surface area (Å²) in [5.74, 6) is 0.755. The van der Waals surface area contributed by atoms with Crippen molar-refractivity contribution < 1.29 is 13.9 Å². The van der Waals surface area contributed by atoms with Crippen molar-refractivity contribution in [1.82, 2.24) is 9.88 Å². The molecule has 0 aliphatic carbocycles. The molecular formula is C17H20N2O3S. The van der Waals surface area contributed by atoms with E-state index in [0.717, 1.165) is 30.2 Å². The van der Waals surface area contributed by atoms with E-state index < -0.39 is 0 Å². The molecule has 23 heavy (non-hydrogen) atoms. The number of ether oxygens (including phenoxy) is 1. The lowest BCUT2D eigenvalue weighted by Gasteiger charge is -2.24. The molecule has 1 amide bonds. The van der Waals surface area contributed by atoms with Crippen LogP contribution in [0.2, 0.25) is 0 Å². The molecule has 3 heterocycles. The number of carbonyl (C=O) groups is 1. The summed E-state index contributed by atoms with van der Waals surface area (Å²) in [5.41, 5.74) is 0.647. The van der Waals surface area contributed by atoms with Crippen LogP contribution in [0.25, 0.3) is 0 Å². The van der Waals surface area contributed by atoms with Gasteiger partial charge in [0.15, 0.2) is 0 Å². The largest absolute Gasteiger partial charge is 0.467 e. The SMILES string of the molecule is CSc1cc(C(=O)N(Cc2ccco2)C[C@H]2CCCO2)ccn1. The van der Waals surface area contributed by atoms with Crippen molar-refractivity contribution in [3.05, 3.63) is 48.0 Å². The maximum absolute atomic E-state index is 12.9. The van der Waals surface area contributed by atoms with Gasteiger partial charge in [-0.2, -0.15) is 0 Å². The maximum atomic E-state index is 12.9. The Morgan fingerprint density at radius 3 is 3.09 bits per heavy atom. The van der Waals surface area contributed by atoms with E-state index in [1.54, 1.807) is 23.4 Å². The van der Waals surface area contributed by atoms with Crippen molar-refractivity contribution in [1.29, 1.82) is 0 Å². The molecule has 0 saturated carbocycles. The summed E-state index contributed by atoms with van der Waals surface area (Å²) in [4.78, 5) is 18.9. The highest BCUT2D eigenvalue weighted by molar-refractivity contribution is 7.98. The van der Waals surface area contributed by atoms with Crippen LogP contribution in [-0.4, -0.2) is 41.3 Å². The molecule has 2 aromatic rings. The normalized spacial score (nSPS) is 17.3. The summed E-state index contributed by atoms with van der Waals surface area (Å²) in [6.45, 7) is 1.80. The van der Waals surface area contributed by atoms with Gasteiger partial charge in [-0.3, -0.25) is 4.79 Å². The van der Waals surface area contributed by atoms with E-state index in [2.05, 4.69) is 4.98 Å². The Kier molecular flexibility index (Phi) is 5.35. The molecule has 0 unspecified atom stereocenters. The third kappa shape index (κ3) is 4.14. The van der Waals surface area contributed by atoms with Crippen LogP contribution < -0.4 is 0 Å². The van der Waals surface area contributed by atoms with Crippen molar-refractivity contribution in [2.75, 3.05) is 19.4 Å². The average Bonchev–Trinajstić information content (AvgIpc) is 3.27. The Hall–Kier alpha value is -1.79. The van der Waals surface area contributed by atoms with Gasteiger partial charge in [0.25, 0.3) is 5.91 Å². The number of rotatable bonds is 6. The van der Waals surface area contributed by atoms with Gasteiger partial charge >= 0.3 is 0 Å². The number of hydrogen-bond acceptors (Lipinski definition) is 5. The van der Waals surface area contributed by atoms with E-state index in [-0.39, 0.29) is 12.0 Å². The second-order valence-corrected chi connectivity index (χ2v) is 6.31. The van der Waals surface area contributed by atoms with Crippen molar-refractivity contribution in [3.63, 3.8) is 0 Å². The minimum Gasteiger partial charge on any atom is -0.467 e. The first kappa shape index (κ1) is 16.1. The van der Waals surface area contributed by atoms with Gasteiger partial charge < -0.3 is 14.1 Å². The first-order chi connectivity index (χ1) is 11.3. The fraction of sp³-hybridized carbons (Fsp3) is 0.412. The summed E-state index contributed by atoms with van der Waals surface area (Å²) in [6, 6.07) is 7.31. The van der Waals surface area contributed by atoms with Gasteiger partial charge in [0.05, 0.1) is 23.9 Å². The lowest BCUT2D eigenvalue weighted by Crippen LogP contribution is -2.36. The molecule has 5 nitrogen and oxygen atoms in total. The highest BCUT2D eigenvalue weighted by Crippen LogP contribution is 2.19. The summed E-state index contributed by atoms with van der Waals surface area (Å²) in [5, 5.41) is 0.839. The minimum atomic E-state index is -0.0189. The van der Waals surface area contributed by atoms with Gasteiger partial charge in [0.2, 0.25) is 0 Å². The lowest BCUT2D eigenvalue weighted by atomic mass is 10.2. The highest BCUT2D eigenvalue weighted by Gasteiger charge is 2.24. The third-order valence-electron chi connectivity index (χ3n) is 3.85. The van der Waals surface area contributed by atoms with Crippen LogP contribution in [0.3, 0.4) is 0 Å². The number of thioether (sulfide) groups is 1. The quantitative estimate of drug-likeness (QED) is 0.760. The summed E-state index contributed by atoms with van der Waals surface area (Å²) >= 11 is 1.53. The molecule has 1 saturated heterocycles. The van der Waals surface area contributed by atoms with Crippen LogP contribution in [0.1, 0.15) is 29.0 Å². The second-order valence-electron chi connectivity index (χ2n) is 5.49. The molecule has 1 aliphatic rings. The summed E-state index contributed by atoms with van der Waals surface area (Å²) in [6.07, 6.45) is 7.41. The molecule has 6 heteroatoms. The molecule has 1 fully saturated rings. The third-order valence-corrected chi connectivity index (χ3v) is 4.49. The van der Waals surface area contributed by atoms with E-state index in [1.165, 1.54) is 11.8 Å². The van der Waals surface area contributed by atoms with Crippen molar-refractivity contribution in [2.24, 2.45) is 0 Å². The molecule has 0 N–H and O–H groups in total. The Labute approximate surface area is 140 Å². The van der Waals surface area contributed by atoms with Crippen LogP contribution in [0.15, 0.2) is 46.2 Å². The Bertz CT molecular complexity index is 639. The van der Waals surface area contributed by atoms with E-state index in [1.807, 2.05) is 24.5 Å². The first-order valence-corrected chi connectivity index (χ1v) is 8.92. The molecule has 122 valence electrons. The van der Waals surface area contributed by atoms with E-state index in [0.29, 0.717) is 18.7 Å². The van der Waals surface area contributed by atoms with Crippen LogP contribution in [-0.2, 0) is 11.3 Å². The maximum Gasteiger partial charge on any atom is 0.254 e. The highest BCUT2D eigenvalue weighted by atomic mass is 32.2. The number of aromatic nitrogens is 1. The summed E-state index contributed by atoms with van der Waals surface area (Å²) in [7, 11) is 0. The Balaban J connectivity index is 1.78. The molecular weight excluding hydrogens is 312 g/mol. The van der Waals surface area contributed by atoms with Crippen molar-refractivity contribution >= 4 is 17.7 Å². The Morgan fingerprint density at radius 1 is 1.48 bits per heavy atom. The molecule has 1 aliphatic heterocycles. The van der Waals surface area contributed by atoms with Gasteiger partial charge in [-0.1, -0.05) is 0 Å². The zero-order valence-corrected chi connectivity index (χ0v) is 13.9. The van der Waals surface area contributed by atoms with Crippen LogP contribution in [0.5, 0.6) is 0 Å². The van der Waals surface area contributed by atoms with E-state index >= 15 is 0 Å². The zero-order valence-electron chi connectivity index (χ0n) is 13.1. The van der Waals surface area contributed by atoms with Crippen molar-refractivity contribution in [2.45, 2.75) is 30.5 Å². The number of amides is 1. The van der Waals surface area contributed by atoms with Gasteiger partial charge in [-0.05, 0) is 43.4 Å². The number of pyridine rings is 1. The predicted octanol–water partition coefficient (Wildman–Crippen LogP) is 3.22. The number of hydrogen-bond donors (Lipinski definition) is 0. The summed E-state index contributed by atoms with van der Waals surface area (Å²) < 4.78 is 11.1. The molecule has 0 spiro atoms. The van der Waals surface area contributed by atoms with E-state index in [4.69, 9.17) is 9.15 Å². The van der Waals surface area contributed by atoms with Crippen LogP contribution in [0.4, 0.5) is 0 Å². The lowest BCUT2D eigenvalue weighted by molar-refractivity contribution is 0.0491. The van der Waals surface area contributed by atoms with Gasteiger partial charge in [-0.25, -0.2) is 4.98 Å². The monoisotopic (exact) mass is 332 g/mol. The molecule has 0 bridgehead atoms. The fourth-order valence-corrected chi connectivity index (χ4v) is 3.09. The van der Waals surface area contributed by atoms with Crippen molar-refractivity contribution in [3.8, 4) is 0 Å². The predicted molar refractivity (Wildman–Crippen MR) is 88.4 cm³/mol.